The molecule has 1 fully saturated rings. The predicted molar refractivity (Wildman–Crippen MR) is 135 cm³/mol. The Kier molecular flexibility index (Phi) is 8.42. The number of pyridine rings is 1. The summed E-state index contributed by atoms with van der Waals surface area (Å²) >= 11 is 6.05. The monoisotopic (exact) mass is 629 g/mol. The van der Waals surface area contributed by atoms with Gasteiger partial charge in [-0.15, -0.1) is 16.4 Å². The van der Waals surface area contributed by atoms with Crippen molar-refractivity contribution in [3.8, 4) is 11.3 Å². The van der Waals surface area contributed by atoms with E-state index in [4.69, 9.17) is 9.47 Å². The zero-order valence-corrected chi connectivity index (χ0v) is 22.4. The molecule has 0 amide bonds. The third-order valence-electron chi connectivity index (χ3n) is 5.75. The van der Waals surface area contributed by atoms with E-state index in [1.165, 1.54) is 34.0 Å². The van der Waals surface area contributed by atoms with Crippen LogP contribution in [0.4, 0.5) is 13.2 Å². The molecule has 0 spiro atoms. The first-order valence-corrected chi connectivity index (χ1v) is 13.7. The fourth-order valence-corrected chi connectivity index (χ4v) is 6.16. The SMILES string of the molecule is OCC1O[C@H](Sc2cncc(Br)c2)C(OCc2cncs2)[C@@H](n2cc(-c3cc(F)c(F)c(F)c3)nn2)[C@H]1O. The molecule has 9 nitrogen and oxygen atoms in total. The summed E-state index contributed by atoms with van der Waals surface area (Å²) in [6, 6.07) is 2.52. The average Bonchev–Trinajstić information content (AvgIpc) is 3.59. The van der Waals surface area contributed by atoms with Crippen molar-refractivity contribution >= 4 is 39.0 Å². The molecule has 1 aliphatic heterocycles. The van der Waals surface area contributed by atoms with Crippen molar-refractivity contribution in [1.29, 1.82) is 0 Å². The van der Waals surface area contributed by atoms with Crippen LogP contribution in [0, 0.1) is 17.5 Å². The third-order valence-corrected chi connectivity index (χ3v) is 8.05. The maximum Gasteiger partial charge on any atom is 0.194 e. The van der Waals surface area contributed by atoms with Crippen LogP contribution in [0.15, 0.2) is 57.9 Å². The van der Waals surface area contributed by atoms with Crippen LogP contribution >= 0.6 is 39.0 Å². The summed E-state index contributed by atoms with van der Waals surface area (Å²) < 4.78 is 55.5. The summed E-state index contributed by atoms with van der Waals surface area (Å²) in [5.41, 5.74) is 0.927. The number of rotatable bonds is 8. The van der Waals surface area contributed by atoms with E-state index in [1.54, 1.807) is 24.1 Å². The van der Waals surface area contributed by atoms with Crippen molar-refractivity contribution in [3.05, 3.63) is 75.3 Å². The molecule has 5 rings (SSSR count). The van der Waals surface area contributed by atoms with E-state index in [1.807, 2.05) is 6.07 Å². The third kappa shape index (κ3) is 5.78. The molecule has 1 aromatic carbocycles. The van der Waals surface area contributed by atoms with E-state index in [-0.39, 0.29) is 17.9 Å². The van der Waals surface area contributed by atoms with Crippen molar-refractivity contribution in [3.63, 3.8) is 0 Å². The van der Waals surface area contributed by atoms with Crippen LogP contribution in [0.25, 0.3) is 11.3 Å². The van der Waals surface area contributed by atoms with Crippen LogP contribution in [0.3, 0.4) is 0 Å². The van der Waals surface area contributed by atoms with Gasteiger partial charge in [-0.25, -0.2) is 17.9 Å². The molecule has 0 radical (unpaired) electrons. The number of benzene rings is 1. The largest absolute Gasteiger partial charge is 0.394 e. The van der Waals surface area contributed by atoms with Crippen LogP contribution < -0.4 is 0 Å². The van der Waals surface area contributed by atoms with Crippen LogP contribution in [0.5, 0.6) is 0 Å². The molecular formula is C23H19BrF3N5O4S2. The van der Waals surface area contributed by atoms with E-state index in [2.05, 4.69) is 36.2 Å². The summed E-state index contributed by atoms with van der Waals surface area (Å²) in [6.45, 7) is -0.349. The van der Waals surface area contributed by atoms with Crippen molar-refractivity contribution in [2.24, 2.45) is 0 Å². The lowest BCUT2D eigenvalue weighted by molar-refractivity contribution is -0.195. The van der Waals surface area contributed by atoms with Gasteiger partial charge in [0.15, 0.2) is 17.5 Å². The number of hydrogen-bond acceptors (Lipinski definition) is 10. The number of thioether (sulfide) groups is 1. The quantitative estimate of drug-likeness (QED) is 0.279. The fraction of sp³-hybridized carbons (Fsp3) is 0.304. The van der Waals surface area contributed by atoms with Gasteiger partial charge in [-0.2, -0.15) is 0 Å². The summed E-state index contributed by atoms with van der Waals surface area (Å²) in [5, 5.41) is 29.2. The lowest BCUT2D eigenvalue weighted by Gasteiger charge is -2.43. The maximum atomic E-state index is 13.8. The number of thiazole rings is 1. The zero-order chi connectivity index (χ0) is 26.8. The molecule has 2 N–H and O–H groups in total. The molecule has 1 saturated heterocycles. The van der Waals surface area contributed by atoms with Crippen molar-refractivity contribution in [2.75, 3.05) is 6.61 Å². The second-order valence-electron chi connectivity index (χ2n) is 8.24. The summed E-state index contributed by atoms with van der Waals surface area (Å²) in [6.07, 6.45) is 3.15. The number of aliphatic hydroxyl groups excluding tert-OH is 2. The first kappa shape index (κ1) is 27.2. The Morgan fingerprint density at radius 3 is 2.61 bits per heavy atom. The molecule has 4 heterocycles. The molecule has 0 saturated carbocycles. The minimum Gasteiger partial charge on any atom is -0.394 e. The first-order chi connectivity index (χ1) is 18.3. The van der Waals surface area contributed by atoms with Crippen molar-refractivity contribution < 1.29 is 32.9 Å². The van der Waals surface area contributed by atoms with E-state index in [0.29, 0.717) is 0 Å². The summed E-state index contributed by atoms with van der Waals surface area (Å²) in [5.74, 6) is -4.33. The Balaban J connectivity index is 1.51. The van der Waals surface area contributed by atoms with E-state index < -0.39 is 53.8 Å². The van der Waals surface area contributed by atoms with E-state index in [9.17, 15) is 23.4 Å². The lowest BCUT2D eigenvalue weighted by atomic mass is 9.97. The standard InChI is InChI=1S/C23H19BrF3N5O4S2/c24-12-3-13(5-28-4-12)38-23-22(35-9-14-6-29-10-37-14)20(21(34)18(8-33)36-23)32-7-17(30-31-32)11-1-15(25)19(27)16(26)2-11/h1-7,10,18,20-23,33-34H,8-9H2/t18?,20-,21-,22?,23+/m0/s1. The van der Waals surface area contributed by atoms with Gasteiger partial charge in [0.1, 0.15) is 35.5 Å². The first-order valence-electron chi connectivity index (χ1n) is 11.1. The van der Waals surface area contributed by atoms with E-state index >= 15 is 0 Å². The fourth-order valence-electron chi connectivity index (χ4n) is 3.98. The van der Waals surface area contributed by atoms with Crippen molar-refractivity contribution in [1.82, 2.24) is 25.0 Å². The molecule has 3 aromatic heterocycles. The van der Waals surface area contributed by atoms with Gasteiger partial charge in [0.25, 0.3) is 0 Å². The van der Waals surface area contributed by atoms with Gasteiger partial charge >= 0.3 is 0 Å². The second-order valence-corrected chi connectivity index (χ2v) is 11.3. The van der Waals surface area contributed by atoms with Gasteiger partial charge in [0.05, 0.1) is 29.8 Å². The van der Waals surface area contributed by atoms with Crippen LogP contribution in [-0.4, -0.2) is 65.5 Å². The molecule has 2 unspecified atom stereocenters. The number of ether oxygens (including phenoxy) is 2. The molecule has 4 aromatic rings. The Hall–Kier alpha value is -2.40. The normalized spacial score (nSPS) is 23.6. The smallest absolute Gasteiger partial charge is 0.194 e. The van der Waals surface area contributed by atoms with E-state index in [0.717, 1.165) is 26.4 Å². The highest BCUT2D eigenvalue weighted by molar-refractivity contribution is 9.10. The Bertz CT molecular complexity index is 1380. The van der Waals surface area contributed by atoms with Crippen molar-refractivity contribution in [2.45, 2.75) is 41.3 Å². The molecular weight excluding hydrogens is 611 g/mol. The highest BCUT2D eigenvalue weighted by Crippen LogP contribution is 2.40. The number of nitrogens with zero attached hydrogens (tertiary/aromatic N) is 5. The van der Waals surface area contributed by atoms with Gasteiger partial charge in [0.2, 0.25) is 0 Å². The number of aliphatic hydroxyl groups is 2. The number of halogens is 4. The van der Waals surface area contributed by atoms with Gasteiger partial charge in [-0.1, -0.05) is 17.0 Å². The average molecular weight is 630 g/mol. The second kappa shape index (κ2) is 11.8. The summed E-state index contributed by atoms with van der Waals surface area (Å²) in [4.78, 5) is 9.77. The highest BCUT2D eigenvalue weighted by atomic mass is 79.9. The van der Waals surface area contributed by atoms with Gasteiger partial charge < -0.3 is 19.7 Å². The lowest BCUT2D eigenvalue weighted by Crippen LogP contribution is -2.55. The van der Waals surface area contributed by atoms with Crippen LogP contribution in [0.1, 0.15) is 10.9 Å². The molecule has 5 atom stereocenters. The molecule has 0 bridgehead atoms. The molecule has 0 aliphatic carbocycles. The number of aromatic nitrogens is 5. The predicted octanol–water partition coefficient (Wildman–Crippen LogP) is 3.97. The Morgan fingerprint density at radius 2 is 1.92 bits per heavy atom. The molecule has 15 heteroatoms. The topological polar surface area (TPSA) is 115 Å². The van der Waals surface area contributed by atoms with Gasteiger partial charge in [-0.3, -0.25) is 9.97 Å². The van der Waals surface area contributed by atoms with Crippen LogP contribution in [-0.2, 0) is 16.1 Å². The van der Waals surface area contributed by atoms with Gasteiger partial charge in [0, 0.05) is 33.5 Å². The summed E-state index contributed by atoms with van der Waals surface area (Å²) in [7, 11) is 0. The minimum absolute atomic E-state index is 0.0406. The number of hydrogen-bond donors (Lipinski definition) is 2. The maximum absolute atomic E-state index is 13.8. The minimum atomic E-state index is -1.59. The van der Waals surface area contributed by atoms with Gasteiger partial charge in [-0.05, 0) is 34.1 Å². The Labute approximate surface area is 230 Å². The van der Waals surface area contributed by atoms with Crippen LogP contribution in [0.2, 0.25) is 0 Å². The Morgan fingerprint density at radius 1 is 1.13 bits per heavy atom. The molecule has 1 aliphatic rings. The highest BCUT2D eigenvalue weighted by Gasteiger charge is 2.48. The zero-order valence-electron chi connectivity index (χ0n) is 19.2. The molecule has 200 valence electrons. The molecule has 38 heavy (non-hydrogen) atoms.